The summed E-state index contributed by atoms with van der Waals surface area (Å²) in [5.74, 6) is -4.25. The van der Waals surface area contributed by atoms with Crippen LogP contribution in [0.15, 0.2) is 12.1 Å². The van der Waals surface area contributed by atoms with Crippen LogP contribution in [0.4, 0.5) is 23.7 Å². The lowest BCUT2D eigenvalue weighted by Crippen LogP contribution is -2.37. The number of aliphatic hydroxyl groups excluding tert-OH is 1. The molecule has 0 spiro atoms. The molecule has 0 aliphatic heterocycles. The summed E-state index contributed by atoms with van der Waals surface area (Å²) in [5.41, 5.74) is -0.121. The topological polar surface area (TPSA) is 52.6 Å². The molecule has 1 aliphatic rings. The maximum Gasteiger partial charge on any atom is 0.322 e. The molecule has 1 aromatic rings. The molecule has 0 radical (unpaired) electrons. The molecule has 116 valence electrons. The number of nitrogens with one attached hydrogen (secondary N) is 1. The SMILES string of the molecule is O=C(Nc1cc(F)c(F)c(F)c1)N(CCCCO)C1CC1. The van der Waals surface area contributed by atoms with Gasteiger partial charge in [0.15, 0.2) is 17.5 Å². The van der Waals surface area contributed by atoms with Crippen molar-refractivity contribution in [2.45, 2.75) is 31.7 Å². The number of rotatable bonds is 6. The minimum Gasteiger partial charge on any atom is -0.396 e. The van der Waals surface area contributed by atoms with Crippen molar-refractivity contribution in [1.82, 2.24) is 4.90 Å². The Labute approximate surface area is 120 Å². The number of nitrogens with zero attached hydrogens (tertiary/aromatic N) is 1. The van der Waals surface area contributed by atoms with Crippen molar-refractivity contribution in [2.24, 2.45) is 0 Å². The van der Waals surface area contributed by atoms with E-state index < -0.39 is 23.5 Å². The van der Waals surface area contributed by atoms with Crippen molar-refractivity contribution >= 4 is 11.7 Å². The number of hydrogen-bond acceptors (Lipinski definition) is 2. The Hall–Kier alpha value is -1.76. The standard InChI is InChI=1S/C14H17F3N2O2/c15-11-7-9(8-12(16)13(11)17)18-14(21)19(10-3-4-10)5-1-2-6-20/h7-8,10,20H,1-6H2,(H,18,21). The zero-order valence-corrected chi connectivity index (χ0v) is 11.4. The normalized spacial score (nSPS) is 14.1. The molecule has 1 fully saturated rings. The Kier molecular flexibility index (Phi) is 5.06. The minimum absolute atomic E-state index is 0.0501. The molecule has 21 heavy (non-hydrogen) atoms. The van der Waals surface area contributed by atoms with Gasteiger partial charge in [0.05, 0.1) is 0 Å². The number of benzene rings is 1. The second-order valence-corrected chi connectivity index (χ2v) is 5.04. The third-order valence-electron chi connectivity index (χ3n) is 3.29. The third kappa shape index (κ3) is 4.10. The largest absolute Gasteiger partial charge is 0.396 e. The molecule has 1 aliphatic carbocycles. The van der Waals surface area contributed by atoms with Crippen molar-refractivity contribution < 1.29 is 23.1 Å². The smallest absolute Gasteiger partial charge is 0.322 e. The molecule has 0 bridgehead atoms. The highest BCUT2D eigenvalue weighted by atomic mass is 19.2. The van der Waals surface area contributed by atoms with E-state index in [2.05, 4.69) is 5.32 Å². The van der Waals surface area contributed by atoms with Gasteiger partial charge in [0.25, 0.3) is 0 Å². The van der Waals surface area contributed by atoms with Crippen molar-refractivity contribution in [2.75, 3.05) is 18.5 Å². The number of unbranched alkanes of at least 4 members (excludes halogenated alkanes) is 1. The van der Waals surface area contributed by atoms with E-state index in [9.17, 15) is 18.0 Å². The van der Waals surface area contributed by atoms with Crippen LogP contribution < -0.4 is 5.32 Å². The number of amides is 2. The molecule has 2 N–H and O–H groups in total. The number of carbonyl (C=O) groups is 1. The van der Waals surface area contributed by atoms with Gasteiger partial charge in [-0.2, -0.15) is 0 Å². The summed E-state index contributed by atoms with van der Waals surface area (Å²) >= 11 is 0. The first-order valence-corrected chi connectivity index (χ1v) is 6.86. The number of hydrogen-bond donors (Lipinski definition) is 2. The van der Waals surface area contributed by atoms with Crippen LogP contribution in [0.3, 0.4) is 0 Å². The molecule has 0 heterocycles. The van der Waals surface area contributed by atoms with Gasteiger partial charge in [-0.05, 0) is 25.7 Å². The molecular weight excluding hydrogens is 285 g/mol. The molecule has 1 aromatic carbocycles. The van der Waals surface area contributed by atoms with E-state index in [1.165, 1.54) is 0 Å². The van der Waals surface area contributed by atoms with Gasteiger partial charge < -0.3 is 15.3 Å². The van der Waals surface area contributed by atoms with E-state index in [1.807, 2.05) is 0 Å². The summed E-state index contributed by atoms with van der Waals surface area (Å²) < 4.78 is 39.1. The van der Waals surface area contributed by atoms with E-state index in [0.29, 0.717) is 19.4 Å². The first-order chi connectivity index (χ1) is 10.0. The Morgan fingerprint density at radius 2 is 1.86 bits per heavy atom. The molecular formula is C14H17F3N2O2. The fourth-order valence-electron chi connectivity index (χ4n) is 2.05. The zero-order chi connectivity index (χ0) is 15.4. The van der Waals surface area contributed by atoms with Crippen LogP contribution in [0.25, 0.3) is 0 Å². The second-order valence-electron chi connectivity index (χ2n) is 5.04. The van der Waals surface area contributed by atoms with Crippen LogP contribution in [0.5, 0.6) is 0 Å². The Balaban J connectivity index is 2.01. The summed E-state index contributed by atoms with van der Waals surface area (Å²) in [7, 11) is 0. The lowest BCUT2D eigenvalue weighted by Gasteiger charge is -2.22. The van der Waals surface area contributed by atoms with Gasteiger partial charge in [-0.25, -0.2) is 18.0 Å². The van der Waals surface area contributed by atoms with Gasteiger partial charge >= 0.3 is 6.03 Å². The summed E-state index contributed by atoms with van der Waals surface area (Å²) in [6.07, 6.45) is 3.00. The summed E-state index contributed by atoms with van der Waals surface area (Å²) in [5, 5.41) is 11.1. The van der Waals surface area contributed by atoms with Crippen molar-refractivity contribution in [1.29, 1.82) is 0 Å². The molecule has 0 unspecified atom stereocenters. The number of carbonyl (C=O) groups excluding carboxylic acids is 1. The lowest BCUT2D eigenvalue weighted by molar-refractivity contribution is 0.204. The van der Waals surface area contributed by atoms with E-state index in [4.69, 9.17) is 5.11 Å². The predicted molar refractivity (Wildman–Crippen MR) is 71.4 cm³/mol. The van der Waals surface area contributed by atoms with Crippen LogP contribution in [-0.4, -0.2) is 35.2 Å². The summed E-state index contributed by atoms with van der Waals surface area (Å²) in [6, 6.07) is 1.14. The van der Waals surface area contributed by atoms with Crippen molar-refractivity contribution in [3.63, 3.8) is 0 Å². The minimum atomic E-state index is -1.56. The van der Waals surface area contributed by atoms with Gasteiger partial charge in [-0.1, -0.05) is 0 Å². The molecule has 1 saturated carbocycles. The maximum absolute atomic E-state index is 13.1. The van der Waals surface area contributed by atoms with E-state index in [1.54, 1.807) is 4.90 Å². The van der Waals surface area contributed by atoms with E-state index >= 15 is 0 Å². The zero-order valence-electron chi connectivity index (χ0n) is 11.4. The Morgan fingerprint density at radius 1 is 1.24 bits per heavy atom. The first kappa shape index (κ1) is 15.6. The molecule has 0 saturated heterocycles. The number of urea groups is 1. The molecule has 7 heteroatoms. The van der Waals surface area contributed by atoms with E-state index in [-0.39, 0.29) is 18.3 Å². The van der Waals surface area contributed by atoms with Crippen LogP contribution in [0.1, 0.15) is 25.7 Å². The average molecular weight is 302 g/mol. The maximum atomic E-state index is 13.1. The van der Waals surface area contributed by atoms with Gasteiger partial charge in [0.2, 0.25) is 0 Å². The van der Waals surface area contributed by atoms with Gasteiger partial charge in [-0.15, -0.1) is 0 Å². The van der Waals surface area contributed by atoms with Gasteiger partial charge in [0.1, 0.15) is 0 Å². The molecule has 4 nitrogen and oxygen atoms in total. The Bertz CT molecular complexity index is 498. The van der Waals surface area contributed by atoms with Crippen LogP contribution >= 0.6 is 0 Å². The van der Waals surface area contributed by atoms with Gasteiger partial charge in [-0.3, -0.25) is 0 Å². The highest BCUT2D eigenvalue weighted by molar-refractivity contribution is 5.89. The number of anilines is 1. The third-order valence-corrected chi connectivity index (χ3v) is 3.29. The molecule has 2 rings (SSSR count). The second kappa shape index (κ2) is 6.80. The fourth-order valence-corrected chi connectivity index (χ4v) is 2.05. The van der Waals surface area contributed by atoms with Gasteiger partial charge in [0, 0.05) is 37.0 Å². The average Bonchev–Trinajstić information content (AvgIpc) is 3.25. The van der Waals surface area contributed by atoms with Crippen LogP contribution in [-0.2, 0) is 0 Å². The van der Waals surface area contributed by atoms with Crippen LogP contribution in [0, 0.1) is 17.5 Å². The van der Waals surface area contributed by atoms with E-state index in [0.717, 1.165) is 25.0 Å². The highest BCUT2D eigenvalue weighted by Gasteiger charge is 2.32. The number of halogens is 3. The molecule has 0 aromatic heterocycles. The monoisotopic (exact) mass is 302 g/mol. The predicted octanol–water partition coefficient (Wildman–Crippen LogP) is 2.87. The summed E-state index contributed by atoms with van der Waals surface area (Å²) in [6.45, 7) is 0.512. The molecule has 2 amide bonds. The summed E-state index contributed by atoms with van der Waals surface area (Å²) in [4.78, 5) is 13.7. The number of aliphatic hydroxyl groups is 1. The Morgan fingerprint density at radius 3 is 2.38 bits per heavy atom. The lowest BCUT2D eigenvalue weighted by atomic mass is 10.2. The van der Waals surface area contributed by atoms with Crippen molar-refractivity contribution in [3.05, 3.63) is 29.6 Å². The first-order valence-electron chi connectivity index (χ1n) is 6.86. The van der Waals surface area contributed by atoms with Crippen molar-refractivity contribution in [3.8, 4) is 0 Å². The van der Waals surface area contributed by atoms with Crippen LogP contribution in [0.2, 0.25) is 0 Å². The fraction of sp³-hybridized carbons (Fsp3) is 0.500. The molecule has 0 atom stereocenters. The highest BCUT2D eigenvalue weighted by Crippen LogP contribution is 2.28. The quantitative estimate of drug-likeness (QED) is 0.627.